The number of aliphatic hydroxyl groups is 2. The summed E-state index contributed by atoms with van der Waals surface area (Å²) in [4.78, 5) is 0. The Labute approximate surface area is 175 Å². The highest BCUT2D eigenvalue weighted by atomic mass is 16.8. The first kappa shape index (κ1) is 22.1. The van der Waals surface area contributed by atoms with E-state index in [-0.39, 0.29) is 18.8 Å². The summed E-state index contributed by atoms with van der Waals surface area (Å²) in [6, 6.07) is 9.43. The topological polar surface area (TPSA) is 108 Å². The third kappa shape index (κ3) is 4.55. The Morgan fingerprint density at radius 3 is 2.53 bits per heavy atom. The molecular formula is C21H30O9. The molecule has 3 aliphatic rings. The Balaban J connectivity index is 1.34. The van der Waals surface area contributed by atoms with Crippen LogP contribution in [0.15, 0.2) is 30.3 Å². The number of rotatable bonds is 8. The van der Waals surface area contributed by atoms with Crippen LogP contribution in [0.4, 0.5) is 0 Å². The minimum Gasteiger partial charge on any atom is -0.387 e. The van der Waals surface area contributed by atoms with Crippen LogP contribution in [0.25, 0.3) is 0 Å². The van der Waals surface area contributed by atoms with Crippen LogP contribution < -0.4 is 0 Å². The molecule has 168 valence electrons. The van der Waals surface area contributed by atoms with Crippen molar-refractivity contribution in [3.05, 3.63) is 35.9 Å². The first-order valence-corrected chi connectivity index (χ1v) is 10.3. The summed E-state index contributed by atoms with van der Waals surface area (Å²) in [7, 11) is 1.56. The summed E-state index contributed by atoms with van der Waals surface area (Å²) in [6.45, 7) is 4.41. The van der Waals surface area contributed by atoms with Gasteiger partial charge in [-0.1, -0.05) is 30.3 Å². The lowest BCUT2D eigenvalue weighted by Gasteiger charge is -2.46. The largest absolute Gasteiger partial charge is 0.387 e. The number of benzene rings is 1. The minimum absolute atomic E-state index is 0.209. The molecular weight excluding hydrogens is 396 g/mol. The molecule has 0 aromatic heterocycles. The fraction of sp³-hybridized carbons (Fsp3) is 0.714. The predicted molar refractivity (Wildman–Crippen MR) is 102 cm³/mol. The lowest BCUT2D eigenvalue weighted by atomic mass is 9.97. The molecule has 1 aromatic rings. The van der Waals surface area contributed by atoms with Gasteiger partial charge in [-0.3, -0.25) is 0 Å². The smallest absolute Gasteiger partial charge is 0.187 e. The van der Waals surface area contributed by atoms with Gasteiger partial charge in [0.2, 0.25) is 0 Å². The van der Waals surface area contributed by atoms with E-state index in [1.165, 1.54) is 0 Å². The number of hydrogen-bond acceptors (Lipinski definition) is 9. The summed E-state index contributed by atoms with van der Waals surface area (Å²) in [5, 5.41) is 21.2. The van der Waals surface area contributed by atoms with E-state index in [1.54, 1.807) is 7.11 Å². The molecule has 0 saturated carbocycles. The van der Waals surface area contributed by atoms with Crippen LogP contribution in [-0.2, 0) is 33.2 Å². The van der Waals surface area contributed by atoms with Gasteiger partial charge in [0.1, 0.15) is 36.6 Å². The van der Waals surface area contributed by atoms with Gasteiger partial charge >= 0.3 is 0 Å². The molecule has 2 N–H and O–H groups in total. The first-order valence-electron chi connectivity index (χ1n) is 10.3. The zero-order valence-corrected chi connectivity index (χ0v) is 17.3. The maximum atomic E-state index is 10.7. The highest BCUT2D eigenvalue weighted by Crippen LogP contribution is 2.37. The highest BCUT2D eigenvalue weighted by molar-refractivity contribution is 5.16. The third-order valence-corrected chi connectivity index (χ3v) is 5.61. The maximum absolute atomic E-state index is 10.7. The van der Waals surface area contributed by atoms with Crippen molar-refractivity contribution in [1.82, 2.24) is 0 Å². The summed E-state index contributed by atoms with van der Waals surface area (Å²) in [5.74, 6) is 0. The molecule has 4 rings (SSSR count). The molecule has 3 fully saturated rings. The van der Waals surface area contributed by atoms with Crippen molar-refractivity contribution in [3.63, 3.8) is 0 Å². The fourth-order valence-electron chi connectivity index (χ4n) is 3.95. The van der Waals surface area contributed by atoms with Crippen LogP contribution in [0.1, 0.15) is 25.7 Å². The van der Waals surface area contributed by atoms with Crippen molar-refractivity contribution < 1.29 is 43.4 Å². The Morgan fingerprint density at radius 1 is 1.07 bits per heavy atom. The normalized spacial score (nSPS) is 40.4. The van der Waals surface area contributed by atoms with E-state index < -0.39 is 49.4 Å². The molecule has 0 bridgehead atoms. The molecule has 1 aromatic carbocycles. The Hall–Kier alpha value is -1.14. The van der Waals surface area contributed by atoms with Crippen molar-refractivity contribution in [3.8, 4) is 0 Å². The fourth-order valence-corrected chi connectivity index (χ4v) is 3.95. The summed E-state index contributed by atoms with van der Waals surface area (Å²) >= 11 is 0. The molecule has 0 spiro atoms. The van der Waals surface area contributed by atoms with E-state index in [0.29, 0.717) is 6.61 Å². The van der Waals surface area contributed by atoms with E-state index in [1.807, 2.05) is 44.2 Å². The molecule has 3 unspecified atom stereocenters. The second-order valence-electron chi connectivity index (χ2n) is 7.67. The molecule has 30 heavy (non-hydrogen) atoms. The Bertz CT molecular complexity index is 672. The Kier molecular flexibility index (Phi) is 7.03. The van der Waals surface area contributed by atoms with Gasteiger partial charge in [-0.05, 0) is 13.8 Å². The zero-order chi connectivity index (χ0) is 21.3. The SMILES string of the molecule is CCO[C@H](OC)[C@@H]1OC1[C@@H](C)O[C@@H]1O[C@H]2COC(c3ccccc3)O[C@H]2C(O)[C@@H]1O. The Morgan fingerprint density at radius 2 is 1.83 bits per heavy atom. The van der Waals surface area contributed by atoms with Crippen molar-refractivity contribution in [2.75, 3.05) is 20.3 Å². The van der Waals surface area contributed by atoms with E-state index >= 15 is 0 Å². The van der Waals surface area contributed by atoms with Gasteiger partial charge in [0, 0.05) is 19.3 Å². The zero-order valence-electron chi connectivity index (χ0n) is 17.3. The van der Waals surface area contributed by atoms with E-state index in [4.69, 9.17) is 33.2 Å². The lowest BCUT2D eigenvalue weighted by Crippen LogP contribution is -2.62. The van der Waals surface area contributed by atoms with E-state index in [0.717, 1.165) is 5.56 Å². The van der Waals surface area contributed by atoms with Crippen LogP contribution in [0, 0.1) is 0 Å². The first-order chi connectivity index (χ1) is 14.5. The number of ether oxygens (including phenoxy) is 7. The van der Waals surface area contributed by atoms with Crippen LogP contribution >= 0.6 is 0 Å². The van der Waals surface area contributed by atoms with Crippen LogP contribution in [0.5, 0.6) is 0 Å². The van der Waals surface area contributed by atoms with Crippen molar-refractivity contribution in [1.29, 1.82) is 0 Å². The number of aliphatic hydroxyl groups excluding tert-OH is 2. The van der Waals surface area contributed by atoms with Crippen LogP contribution in [-0.4, -0.2) is 85.8 Å². The van der Waals surface area contributed by atoms with Gasteiger partial charge in [-0.2, -0.15) is 0 Å². The summed E-state index contributed by atoms with van der Waals surface area (Å²) in [5.41, 5.74) is 0.837. The third-order valence-electron chi connectivity index (χ3n) is 5.61. The molecule has 0 amide bonds. The second-order valence-corrected chi connectivity index (χ2v) is 7.67. The molecule has 9 nitrogen and oxygen atoms in total. The average Bonchev–Trinajstić information content (AvgIpc) is 3.57. The van der Waals surface area contributed by atoms with Gasteiger partial charge in [0.25, 0.3) is 0 Å². The molecule has 9 heteroatoms. The predicted octanol–water partition coefficient (Wildman–Crippen LogP) is 0.729. The molecule has 10 atom stereocenters. The van der Waals surface area contributed by atoms with Crippen LogP contribution in [0.3, 0.4) is 0 Å². The minimum atomic E-state index is -1.27. The number of epoxide rings is 1. The standard InChI is InChI=1S/C21H30O9/c1-4-25-21(24-3)18-16(29-18)11(2)27-20-15(23)14(22)17-13(28-20)10-26-19(30-17)12-8-6-5-7-9-12/h5-9,11,13-23H,4,10H2,1-3H3/t11-,13+,14?,15+,16?,17-,18-,19?,20-,21+/m1/s1. The van der Waals surface area contributed by atoms with E-state index in [2.05, 4.69) is 0 Å². The van der Waals surface area contributed by atoms with Crippen LogP contribution in [0.2, 0.25) is 0 Å². The number of methoxy groups -OCH3 is 1. The van der Waals surface area contributed by atoms with Gasteiger partial charge in [-0.15, -0.1) is 0 Å². The van der Waals surface area contributed by atoms with Gasteiger partial charge in [0.05, 0.1) is 12.7 Å². The van der Waals surface area contributed by atoms with Crippen molar-refractivity contribution in [2.45, 2.75) is 75.4 Å². The highest BCUT2D eigenvalue weighted by Gasteiger charge is 2.53. The van der Waals surface area contributed by atoms with Gasteiger partial charge < -0.3 is 43.4 Å². The average molecular weight is 426 g/mol. The lowest BCUT2D eigenvalue weighted by molar-refractivity contribution is -0.366. The summed E-state index contributed by atoms with van der Waals surface area (Å²) < 4.78 is 39.8. The quantitative estimate of drug-likeness (QED) is 0.459. The number of hydrogen-bond donors (Lipinski definition) is 2. The monoisotopic (exact) mass is 426 g/mol. The van der Waals surface area contributed by atoms with Crippen molar-refractivity contribution >= 4 is 0 Å². The molecule has 3 saturated heterocycles. The molecule has 0 aliphatic carbocycles. The van der Waals surface area contributed by atoms with E-state index in [9.17, 15) is 10.2 Å². The molecule has 3 aliphatic heterocycles. The maximum Gasteiger partial charge on any atom is 0.187 e. The second kappa shape index (κ2) is 9.56. The van der Waals surface area contributed by atoms with Crippen molar-refractivity contribution in [2.24, 2.45) is 0 Å². The van der Waals surface area contributed by atoms with Gasteiger partial charge in [0.15, 0.2) is 18.9 Å². The number of fused-ring (bicyclic) bond motifs is 1. The van der Waals surface area contributed by atoms with Gasteiger partial charge in [-0.25, -0.2) is 0 Å². The molecule has 0 radical (unpaired) electrons. The molecule has 3 heterocycles. The summed E-state index contributed by atoms with van der Waals surface area (Å²) in [6.07, 6.45) is -6.79.